The van der Waals surface area contributed by atoms with Gasteiger partial charge >= 0.3 is 5.97 Å². The predicted octanol–water partition coefficient (Wildman–Crippen LogP) is 2.04. The van der Waals surface area contributed by atoms with Crippen LogP contribution in [0.25, 0.3) is 0 Å². The molecule has 1 aliphatic rings. The lowest BCUT2D eigenvalue weighted by Crippen LogP contribution is -2.25. The number of halogens is 1. The summed E-state index contributed by atoms with van der Waals surface area (Å²) in [6.07, 6.45) is 1.24. The van der Waals surface area contributed by atoms with Crippen LogP contribution in [0.2, 0.25) is 0 Å². The quantitative estimate of drug-likeness (QED) is 0.534. The second-order valence-electron chi connectivity index (χ2n) is 6.03. The summed E-state index contributed by atoms with van der Waals surface area (Å²) in [5.74, 6) is -1.03. The predicted molar refractivity (Wildman–Crippen MR) is 105 cm³/mol. The topological polar surface area (TPSA) is 120 Å². The lowest BCUT2D eigenvalue weighted by atomic mass is 10.0. The number of rotatable bonds is 4. The molecule has 1 aromatic heterocycles. The van der Waals surface area contributed by atoms with E-state index in [4.69, 9.17) is 9.47 Å². The zero-order chi connectivity index (χ0) is 20.5. The van der Waals surface area contributed by atoms with Gasteiger partial charge in [-0.1, -0.05) is 0 Å². The molecule has 1 aromatic carbocycles. The number of aryl methyl sites for hydroxylation is 1. The Labute approximate surface area is 169 Å². The first kappa shape index (κ1) is 20.5. The van der Waals surface area contributed by atoms with Crippen LogP contribution in [0.3, 0.4) is 0 Å². The van der Waals surface area contributed by atoms with E-state index < -0.39 is 21.5 Å². The summed E-state index contributed by atoms with van der Waals surface area (Å²) in [6, 6.07) is 2.80. The van der Waals surface area contributed by atoms with E-state index in [1.807, 2.05) is 0 Å². The average Bonchev–Trinajstić information content (AvgIpc) is 3.01. The van der Waals surface area contributed by atoms with Crippen molar-refractivity contribution < 1.29 is 28.4 Å². The summed E-state index contributed by atoms with van der Waals surface area (Å²) in [7, 11) is 0.0652. The van der Waals surface area contributed by atoms with Gasteiger partial charge in [-0.3, -0.25) is 4.79 Å². The largest absolute Gasteiger partial charge is 0.493 e. The highest BCUT2D eigenvalue weighted by molar-refractivity contribution is 9.10. The summed E-state index contributed by atoms with van der Waals surface area (Å²) < 4.78 is 28.8. The number of aromatic hydroxyl groups is 1. The van der Waals surface area contributed by atoms with Crippen molar-refractivity contribution in [2.75, 3.05) is 31.8 Å². The molecular formula is C17H18BrN3O6S. The Balaban J connectivity index is 2.18. The number of hydrogen-bond acceptors (Lipinski definition) is 8. The van der Waals surface area contributed by atoms with Crippen LogP contribution in [0.4, 0.5) is 5.69 Å². The van der Waals surface area contributed by atoms with E-state index in [0.29, 0.717) is 13.2 Å². The van der Waals surface area contributed by atoms with Gasteiger partial charge in [-0.2, -0.15) is 9.46 Å². The highest BCUT2D eigenvalue weighted by atomic mass is 79.9. The van der Waals surface area contributed by atoms with Crippen molar-refractivity contribution in [2.45, 2.75) is 0 Å². The van der Waals surface area contributed by atoms with Gasteiger partial charge in [0.15, 0.2) is 0 Å². The van der Waals surface area contributed by atoms with Crippen molar-refractivity contribution in [3.05, 3.63) is 39.5 Å². The number of benzene rings is 1. The molecule has 0 radical (unpaired) electrons. The van der Waals surface area contributed by atoms with Crippen molar-refractivity contribution in [1.29, 1.82) is 0 Å². The highest BCUT2D eigenvalue weighted by Gasteiger charge is 2.26. The van der Waals surface area contributed by atoms with Crippen molar-refractivity contribution >= 4 is 43.1 Å². The van der Waals surface area contributed by atoms with Gasteiger partial charge in [0.2, 0.25) is 11.7 Å². The molecule has 150 valence electrons. The fraction of sp³-hybridized carbons (Fsp3) is 0.353. The van der Waals surface area contributed by atoms with Crippen molar-refractivity contribution in [2.24, 2.45) is 11.4 Å². The van der Waals surface area contributed by atoms with E-state index in [1.54, 1.807) is 0 Å². The van der Waals surface area contributed by atoms with Crippen LogP contribution in [0, 0.1) is 0 Å². The second kappa shape index (κ2) is 8.02. The molecule has 0 atom stereocenters. The molecule has 2 aromatic rings. The molecule has 0 unspecified atom stereocenters. The Morgan fingerprint density at radius 1 is 1.29 bits per heavy atom. The van der Waals surface area contributed by atoms with Gasteiger partial charge < -0.3 is 14.6 Å². The number of esters is 1. The maximum absolute atomic E-state index is 13.0. The summed E-state index contributed by atoms with van der Waals surface area (Å²) in [4.78, 5) is 25.1. The van der Waals surface area contributed by atoms with Crippen LogP contribution < -0.4 is 0 Å². The van der Waals surface area contributed by atoms with Gasteiger partial charge in [0.05, 0.1) is 57.8 Å². The van der Waals surface area contributed by atoms with Gasteiger partial charge in [-0.25, -0.2) is 13.7 Å². The van der Waals surface area contributed by atoms with Crippen LogP contribution in [0.15, 0.2) is 27.2 Å². The van der Waals surface area contributed by atoms with Gasteiger partial charge in [0, 0.05) is 12.6 Å². The SMILES string of the molecule is COC(=O)c1ccc(C(=O)c2cnn(C)c2O)c(Br)c1N=S1(=O)CCOCC1. The number of carbonyl (C=O) groups excluding carboxylic acids is 2. The highest BCUT2D eigenvalue weighted by Crippen LogP contribution is 2.36. The molecule has 0 aliphatic carbocycles. The summed E-state index contributed by atoms with van der Waals surface area (Å²) in [5, 5.41) is 13.9. The summed E-state index contributed by atoms with van der Waals surface area (Å²) >= 11 is 3.32. The molecule has 11 heteroatoms. The Morgan fingerprint density at radius 2 is 1.93 bits per heavy atom. The molecule has 1 N–H and O–H groups in total. The number of methoxy groups -OCH3 is 1. The number of ether oxygens (including phenoxy) is 2. The molecule has 0 spiro atoms. The van der Waals surface area contributed by atoms with Gasteiger partial charge in [0.25, 0.3) is 0 Å². The molecule has 1 saturated heterocycles. The van der Waals surface area contributed by atoms with Crippen LogP contribution in [-0.4, -0.2) is 62.7 Å². The van der Waals surface area contributed by atoms with Crippen LogP contribution in [0.1, 0.15) is 26.3 Å². The number of aromatic nitrogens is 2. The average molecular weight is 472 g/mol. The molecule has 28 heavy (non-hydrogen) atoms. The number of ketones is 1. The van der Waals surface area contributed by atoms with Crippen LogP contribution in [0.5, 0.6) is 5.88 Å². The summed E-state index contributed by atoms with van der Waals surface area (Å²) in [6.45, 7) is 0.603. The Bertz CT molecular complexity index is 1060. The molecular weight excluding hydrogens is 454 g/mol. The number of carbonyl (C=O) groups is 2. The monoisotopic (exact) mass is 471 g/mol. The summed E-state index contributed by atoms with van der Waals surface area (Å²) in [5.41, 5.74) is 0.295. The zero-order valence-corrected chi connectivity index (χ0v) is 17.6. The minimum absolute atomic E-state index is 0.00443. The molecule has 3 rings (SSSR count). The first-order valence-electron chi connectivity index (χ1n) is 8.24. The molecule has 9 nitrogen and oxygen atoms in total. The molecule has 2 heterocycles. The number of hydrogen-bond donors (Lipinski definition) is 1. The van der Waals surface area contributed by atoms with Crippen molar-refractivity contribution in [3.63, 3.8) is 0 Å². The third-order valence-electron chi connectivity index (χ3n) is 4.27. The van der Waals surface area contributed by atoms with Crippen LogP contribution >= 0.6 is 15.9 Å². The Morgan fingerprint density at radius 3 is 2.50 bits per heavy atom. The van der Waals surface area contributed by atoms with E-state index >= 15 is 0 Å². The van der Waals surface area contributed by atoms with Gasteiger partial charge in [-0.05, 0) is 28.1 Å². The van der Waals surface area contributed by atoms with Crippen molar-refractivity contribution in [3.8, 4) is 5.88 Å². The van der Waals surface area contributed by atoms with Gasteiger partial charge in [-0.15, -0.1) is 0 Å². The van der Waals surface area contributed by atoms with E-state index in [9.17, 15) is 18.9 Å². The third-order valence-corrected chi connectivity index (χ3v) is 7.20. The zero-order valence-electron chi connectivity index (χ0n) is 15.2. The first-order valence-corrected chi connectivity index (χ1v) is 10.9. The fourth-order valence-corrected chi connectivity index (χ4v) is 5.08. The minimum Gasteiger partial charge on any atom is -0.493 e. The lowest BCUT2D eigenvalue weighted by molar-refractivity contribution is 0.0601. The second-order valence-corrected chi connectivity index (χ2v) is 9.37. The number of nitrogens with zero attached hydrogens (tertiary/aromatic N) is 3. The minimum atomic E-state index is -2.66. The van der Waals surface area contributed by atoms with Crippen LogP contribution in [-0.2, 0) is 26.3 Å². The van der Waals surface area contributed by atoms with E-state index in [0.717, 1.165) is 4.68 Å². The maximum Gasteiger partial charge on any atom is 0.340 e. The molecule has 0 amide bonds. The standard InChI is InChI=1S/C17H18BrN3O6S/c1-21-16(23)12(9-19-21)15(22)10-3-4-11(17(24)26-2)14(13(10)18)20-28(25)7-5-27-6-8-28/h3-4,9,23H,5-8H2,1-2H3. The van der Waals surface area contributed by atoms with Crippen molar-refractivity contribution in [1.82, 2.24) is 9.78 Å². The maximum atomic E-state index is 13.0. The molecule has 1 aliphatic heterocycles. The van der Waals surface area contributed by atoms with E-state index in [1.165, 1.54) is 32.5 Å². The first-order chi connectivity index (χ1) is 13.3. The fourth-order valence-electron chi connectivity index (χ4n) is 2.68. The smallest absolute Gasteiger partial charge is 0.340 e. The Kier molecular flexibility index (Phi) is 5.87. The third kappa shape index (κ3) is 3.82. The molecule has 1 fully saturated rings. The van der Waals surface area contributed by atoms with E-state index in [-0.39, 0.29) is 44.2 Å². The molecule has 0 saturated carbocycles. The lowest BCUT2D eigenvalue weighted by Gasteiger charge is -2.18. The Hall–Kier alpha value is -2.24. The van der Waals surface area contributed by atoms with Gasteiger partial charge in [0.1, 0.15) is 11.3 Å². The normalized spacial score (nSPS) is 15.8. The molecule has 0 bridgehead atoms. The van der Waals surface area contributed by atoms with E-state index in [2.05, 4.69) is 25.4 Å².